The molecule has 32 heavy (non-hydrogen) atoms. The predicted octanol–water partition coefficient (Wildman–Crippen LogP) is 3.32. The summed E-state index contributed by atoms with van der Waals surface area (Å²) in [7, 11) is 1.27. The summed E-state index contributed by atoms with van der Waals surface area (Å²) in [6, 6.07) is 5.94. The van der Waals surface area contributed by atoms with E-state index in [1.807, 2.05) is 32.0 Å². The lowest BCUT2D eigenvalue weighted by atomic mass is 9.97. The van der Waals surface area contributed by atoms with Crippen LogP contribution in [0.25, 0.3) is 15.9 Å². The Hall–Kier alpha value is -2.65. The summed E-state index contributed by atoms with van der Waals surface area (Å²) in [5.74, 6) is -0.808. The molecule has 0 aliphatic heterocycles. The van der Waals surface area contributed by atoms with Crippen molar-refractivity contribution in [1.82, 2.24) is 14.9 Å². The molecule has 7 nitrogen and oxygen atoms in total. The highest BCUT2D eigenvalue weighted by Crippen LogP contribution is 2.35. The molecule has 3 aromatic rings. The molecule has 1 amide bonds. The molecule has 2 heterocycles. The molecular weight excluding hydrogens is 446 g/mol. The molecule has 1 aromatic carbocycles. The lowest BCUT2D eigenvalue weighted by Crippen LogP contribution is -2.31. The van der Waals surface area contributed by atoms with Crippen molar-refractivity contribution >= 4 is 45.2 Å². The van der Waals surface area contributed by atoms with E-state index in [1.165, 1.54) is 23.7 Å². The summed E-state index contributed by atoms with van der Waals surface area (Å²) >= 11 is 2.78. The van der Waals surface area contributed by atoms with Crippen molar-refractivity contribution in [3.63, 3.8) is 0 Å². The van der Waals surface area contributed by atoms with Gasteiger partial charge in [-0.05, 0) is 56.7 Å². The van der Waals surface area contributed by atoms with E-state index in [2.05, 4.69) is 10.1 Å². The highest BCUT2D eigenvalue weighted by atomic mass is 32.2. The molecule has 0 radical (unpaired) electrons. The van der Waals surface area contributed by atoms with Crippen LogP contribution >= 0.6 is 23.1 Å². The molecule has 0 saturated heterocycles. The fourth-order valence-electron chi connectivity index (χ4n) is 3.98. The zero-order valence-corrected chi connectivity index (χ0v) is 20.0. The average Bonchev–Trinajstić information content (AvgIpc) is 3.15. The number of thiophene rings is 1. The Labute approximate surface area is 194 Å². The molecule has 0 bridgehead atoms. The van der Waals surface area contributed by atoms with Crippen LogP contribution in [0.1, 0.15) is 34.4 Å². The van der Waals surface area contributed by atoms with E-state index < -0.39 is 5.97 Å². The zero-order chi connectivity index (χ0) is 22.8. The van der Waals surface area contributed by atoms with Gasteiger partial charge >= 0.3 is 5.97 Å². The van der Waals surface area contributed by atoms with Crippen LogP contribution < -0.4 is 10.9 Å². The second kappa shape index (κ2) is 9.46. The predicted molar refractivity (Wildman–Crippen MR) is 127 cm³/mol. The van der Waals surface area contributed by atoms with E-state index in [4.69, 9.17) is 4.98 Å². The first-order valence-corrected chi connectivity index (χ1v) is 12.3. The third-order valence-corrected chi connectivity index (χ3v) is 7.67. The number of aryl methyl sites for hydroxylation is 4. The minimum absolute atomic E-state index is 0.0327. The topological polar surface area (TPSA) is 90.3 Å². The molecule has 1 aliphatic rings. The molecule has 2 aromatic heterocycles. The first kappa shape index (κ1) is 22.5. The van der Waals surface area contributed by atoms with Gasteiger partial charge in [0.15, 0.2) is 5.16 Å². The lowest BCUT2D eigenvalue weighted by Gasteiger charge is -2.15. The van der Waals surface area contributed by atoms with E-state index in [0.717, 1.165) is 52.9 Å². The first-order valence-electron chi connectivity index (χ1n) is 10.5. The van der Waals surface area contributed by atoms with Gasteiger partial charge in [0.05, 0.1) is 23.9 Å². The summed E-state index contributed by atoms with van der Waals surface area (Å²) in [4.78, 5) is 44.1. The third kappa shape index (κ3) is 4.45. The second-order valence-corrected chi connectivity index (χ2v) is 9.88. The highest BCUT2D eigenvalue weighted by molar-refractivity contribution is 7.99. The van der Waals surface area contributed by atoms with Gasteiger partial charge in [0.25, 0.3) is 5.56 Å². The van der Waals surface area contributed by atoms with Crippen molar-refractivity contribution in [2.24, 2.45) is 0 Å². The number of nitrogens with one attached hydrogen (secondary N) is 1. The first-order chi connectivity index (χ1) is 15.4. The molecule has 0 atom stereocenters. The van der Waals surface area contributed by atoms with E-state index >= 15 is 0 Å². The number of carbonyl (C=O) groups excluding carboxylic acids is 2. The van der Waals surface area contributed by atoms with E-state index in [9.17, 15) is 14.4 Å². The molecular formula is C23H25N3O4S2. The number of ether oxygens (including phenoxy) is 1. The number of hydrogen-bond donors (Lipinski definition) is 1. The van der Waals surface area contributed by atoms with Gasteiger partial charge < -0.3 is 10.1 Å². The number of amides is 1. The maximum atomic E-state index is 13.8. The number of carbonyl (C=O) groups is 2. The van der Waals surface area contributed by atoms with Crippen LogP contribution in [0.2, 0.25) is 0 Å². The Morgan fingerprint density at radius 1 is 1.25 bits per heavy atom. The van der Waals surface area contributed by atoms with Gasteiger partial charge in [-0.2, -0.15) is 0 Å². The second-order valence-electron chi connectivity index (χ2n) is 7.86. The quantitative estimate of drug-likeness (QED) is 0.337. The van der Waals surface area contributed by atoms with Gasteiger partial charge in [0.2, 0.25) is 5.91 Å². The fraction of sp³-hybridized carbons (Fsp3) is 0.391. The molecule has 0 spiro atoms. The van der Waals surface area contributed by atoms with Crippen LogP contribution in [0.5, 0.6) is 0 Å². The molecule has 0 saturated carbocycles. The van der Waals surface area contributed by atoms with Crippen LogP contribution in [-0.4, -0.2) is 40.8 Å². The van der Waals surface area contributed by atoms with Crippen molar-refractivity contribution in [2.45, 2.75) is 44.7 Å². The Kier molecular flexibility index (Phi) is 6.66. The third-order valence-electron chi connectivity index (χ3n) is 5.54. The van der Waals surface area contributed by atoms with Crippen molar-refractivity contribution < 1.29 is 14.3 Å². The number of methoxy groups -OCH3 is 1. The maximum Gasteiger partial charge on any atom is 0.325 e. The molecule has 0 fully saturated rings. The number of hydrogen-bond acceptors (Lipinski definition) is 7. The summed E-state index contributed by atoms with van der Waals surface area (Å²) < 4.78 is 6.19. The van der Waals surface area contributed by atoms with Crippen molar-refractivity contribution in [3.8, 4) is 5.69 Å². The monoisotopic (exact) mass is 471 g/mol. The Bertz CT molecular complexity index is 1260. The smallest absolute Gasteiger partial charge is 0.325 e. The Morgan fingerprint density at radius 2 is 2.03 bits per heavy atom. The fourth-order valence-corrected chi connectivity index (χ4v) is 6.11. The zero-order valence-electron chi connectivity index (χ0n) is 18.3. The Balaban J connectivity index is 1.77. The van der Waals surface area contributed by atoms with E-state index in [0.29, 0.717) is 10.5 Å². The van der Waals surface area contributed by atoms with Gasteiger partial charge in [-0.15, -0.1) is 11.3 Å². The lowest BCUT2D eigenvalue weighted by molar-refractivity contribution is -0.140. The van der Waals surface area contributed by atoms with Crippen LogP contribution in [0.3, 0.4) is 0 Å². The van der Waals surface area contributed by atoms with Crippen LogP contribution in [0.15, 0.2) is 28.2 Å². The molecule has 4 rings (SSSR count). The number of esters is 1. The van der Waals surface area contributed by atoms with Crippen LogP contribution in [-0.2, 0) is 27.2 Å². The number of fused-ring (bicyclic) bond motifs is 3. The van der Waals surface area contributed by atoms with Crippen LogP contribution in [0.4, 0.5) is 0 Å². The van der Waals surface area contributed by atoms with Crippen molar-refractivity contribution in [2.75, 3.05) is 19.4 Å². The van der Waals surface area contributed by atoms with Gasteiger partial charge in [-0.25, -0.2) is 4.98 Å². The highest BCUT2D eigenvalue weighted by Gasteiger charge is 2.23. The van der Waals surface area contributed by atoms with E-state index in [-0.39, 0.29) is 23.8 Å². The summed E-state index contributed by atoms with van der Waals surface area (Å²) in [6.45, 7) is 3.79. The molecule has 1 aliphatic carbocycles. The van der Waals surface area contributed by atoms with Gasteiger partial charge in [-0.3, -0.25) is 19.0 Å². The largest absolute Gasteiger partial charge is 0.468 e. The SMILES string of the molecule is COC(=O)CNC(=O)CSc1nc2sc3c(c2c(=O)n1-c1ccc(C)cc1C)CCCC3. The number of rotatable bonds is 6. The molecule has 1 N–H and O–H groups in total. The van der Waals surface area contributed by atoms with Crippen LogP contribution in [0, 0.1) is 13.8 Å². The van der Waals surface area contributed by atoms with Crippen molar-refractivity contribution in [3.05, 3.63) is 50.1 Å². The number of aromatic nitrogens is 2. The normalized spacial score (nSPS) is 13.1. The molecule has 0 unspecified atom stereocenters. The minimum atomic E-state index is -0.515. The summed E-state index contributed by atoms with van der Waals surface area (Å²) in [6.07, 6.45) is 4.10. The Morgan fingerprint density at radius 3 is 2.78 bits per heavy atom. The number of thioether (sulfide) groups is 1. The maximum absolute atomic E-state index is 13.8. The molecule has 168 valence electrons. The van der Waals surface area contributed by atoms with Crippen molar-refractivity contribution in [1.29, 1.82) is 0 Å². The summed E-state index contributed by atoms with van der Waals surface area (Å²) in [5, 5.41) is 3.71. The number of nitrogens with zero attached hydrogens (tertiary/aromatic N) is 2. The summed E-state index contributed by atoms with van der Waals surface area (Å²) in [5.41, 5.74) is 3.90. The standard InChI is InChI=1S/C23H25N3O4S2/c1-13-8-9-16(14(2)10-13)26-22(29)20-15-6-4-5-7-17(15)32-21(20)25-23(26)31-12-18(27)24-11-19(28)30-3/h8-10H,4-7,11-12H2,1-3H3,(H,24,27). The number of benzene rings is 1. The van der Waals surface area contributed by atoms with Gasteiger partial charge in [-0.1, -0.05) is 29.5 Å². The minimum Gasteiger partial charge on any atom is -0.468 e. The molecule has 9 heteroatoms. The average molecular weight is 472 g/mol. The van der Waals surface area contributed by atoms with E-state index in [1.54, 1.807) is 15.9 Å². The van der Waals surface area contributed by atoms with Gasteiger partial charge in [0.1, 0.15) is 11.4 Å². The van der Waals surface area contributed by atoms with Gasteiger partial charge in [0, 0.05) is 4.88 Å².